The maximum absolute atomic E-state index is 13.3. The second-order valence-electron chi connectivity index (χ2n) is 7.63. The lowest BCUT2D eigenvalue weighted by molar-refractivity contribution is 0.0630. The molecule has 29 heavy (non-hydrogen) atoms. The summed E-state index contributed by atoms with van der Waals surface area (Å²) >= 11 is 0. The molecule has 1 fully saturated rings. The second kappa shape index (κ2) is 7.70. The minimum Gasteiger partial charge on any atom is -0.496 e. The molecule has 0 aliphatic carbocycles. The van der Waals surface area contributed by atoms with Crippen LogP contribution in [0.4, 0.5) is 0 Å². The third-order valence-corrected chi connectivity index (χ3v) is 5.61. The van der Waals surface area contributed by atoms with Crippen molar-refractivity contribution >= 4 is 17.3 Å². The molecule has 6 heteroatoms. The Bertz CT molecular complexity index is 1090. The number of hydrogen-bond acceptors (Lipinski definition) is 4. The van der Waals surface area contributed by atoms with Gasteiger partial charge in [-0.15, -0.1) is 0 Å². The minimum atomic E-state index is -0.231. The Morgan fingerprint density at radius 3 is 2.76 bits per heavy atom. The van der Waals surface area contributed by atoms with Gasteiger partial charge in [-0.05, 0) is 56.5 Å². The maximum atomic E-state index is 13.3. The summed E-state index contributed by atoms with van der Waals surface area (Å²) in [5.74, 6) is 0.307. The Labute approximate surface area is 170 Å². The van der Waals surface area contributed by atoms with E-state index in [4.69, 9.17) is 4.74 Å². The fourth-order valence-electron chi connectivity index (χ4n) is 4.12. The minimum absolute atomic E-state index is 0.0328. The summed E-state index contributed by atoms with van der Waals surface area (Å²) in [4.78, 5) is 32.8. The quantitative estimate of drug-likeness (QED) is 0.636. The number of methoxy groups -OCH3 is 1. The van der Waals surface area contributed by atoms with Crippen LogP contribution >= 0.6 is 0 Å². The molecule has 0 unspecified atom stereocenters. The number of nitrogens with zero attached hydrogens (tertiary/aromatic N) is 3. The second-order valence-corrected chi connectivity index (χ2v) is 7.63. The zero-order valence-electron chi connectivity index (χ0n) is 17.0. The number of rotatable bonds is 4. The zero-order valence-corrected chi connectivity index (χ0v) is 17.0. The van der Waals surface area contributed by atoms with Crippen LogP contribution in [0, 0.1) is 19.8 Å². The molecule has 2 aromatic heterocycles. The summed E-state index contributed by atoms with van der Waals surface area (Å²) < 4.78 is 7.19. The van der Waals surface area contributed by atoms with Crippen LogP contribution in [0.2, 0.25) is 0 Å². The topological polar surface area (TPSA) is 63.9 Å². The van der Waals surface area contributed by atoms with Crippen molar-refractivity contribution in [1.29, 1.82) is 0 Å². The molecule has 1 amide bonds. The molecule has 4 rings (SSSR count). The van der Waals surface area contributed by atoms with E-state index in [9.17, 15) is 9.59 Å². The number of aryl methyl sites for hydroxylation is 2. The molecule has 0 bridgehead atoms. The van der Waals surface area contributed by atoms with E-state index in [1.54, 1.807) is 24.1 Å². The predicted octanol–water partition coefficient (Wildman–Crippen LogP) is 3.69. The first-order valence-electron chi connectivity index (χ1n) is 9.91. The van der Waals surface area contributed by atoms with Gasteiger partial charge in [0.2, 0.25) is 0 Å². The predicted molar refractivity (Wildman–Crippen MR) is 111 cm³/mol. The standard InChI is InChI=1S/C23H25N3O3/c1-15-10-12-26-20(13-15)24-16(2)21(26)23(28)25-11-6-7-17(14-25)22(27)18-8-4-5-9-19(18)29-3/h4-5,8-10,12-13,17H,6-7,11,14H2,1-3H3/t17-/m1/s1. The van der Waals surface area contributed by atoms with Gasteiger partial charge in [0.05, 0.1) is 18.4 Å². The van der Waals surface area contributed by atoms with Crippen LogP contribution in [-0.4, -0.2) is 46.2 Å². The first-order valence-corrected chi connectivity index (χ1v) is 9.91. The highest BCUT2D eigenvalue weighted by atomic mass is 16.5. The van der Waals surface area contributed by atoms with Crippen molar-refractivity contribution in [2.75, 3.05) is 20.2 Å². The lowest BCUT2D eigenvalue weighted by Crippen LogP contribution is -2.43. The molecule has 0 saturated carbocycles. The van der Waals surface area contributed by atoms with Crippen LogP contribution in [0.3, 0.4) is 0 Å². The van der Waals surface area contributed by atoms with E-state index >= 15 is 0 Å². The molecule has 0 spiro atoms. The van der Waals surface area contributed by atoms with Crippen LogP contribution in [-0.2, 0) is 0 Å². The maximum Gasteiger partial charge on any atom is 0.272 e. The fourth-order valence-corrected chi connectivity index (χ4v) is 4.12. The highest BCUT2D eigenvalue weighted by molar-refractivity contribution is 6.01. The van der Waals surface area contributed by atoms with Crippen molar-refractivity contribution in [1.82, 2.24) is 14.3 Å². The number of imidazole rings is 1. The average molecular weight is 391 g/mol. The number of Topliss-reactive ketones (excluding diaryl/α,β-unsaturated/α-hetero) is 1. The van der Waals surface area contributed by atoms with Crippen LogP contribution in [0.5, 0.6) is 5.75 Å². The Morgan fingerprint density at radius 1 is 1.17 bits per heavy atom. The summed E-state index contributed by atoms with van der Waals surface area (Å²) in [7, 11) is 1.57. The summed E-state index contributed by atoms with van der Waals surface area (Å²) in [5.41, 5.74) is 3.73. The van der Waals surface area contributed by atoms with Gasteiger partial charge in [0, 0.05) is 25.2 Å². The summed E-state index contributed by atoms with van der Waals surface area (Å²) in [6.45, 7) is 4.92. The zero-order chi connectivity index (χ0) is 20.5. The van der Waals surface area contributed by atoms with Crippen molar-refractivity contribution in [2.24, 2.45) is 5.92 Å². The van der Waals surface area contributed by atoms with Crippen molar-refractivity contribution in [3.8, 4) is 5.75 Å². The Kier molecular flexibility index (Phi) is 5.09. The van der Waals surface area contributed by atoms with E-state index in [2.05, 4.69) is 4.98 Å². The fraction of sp³-hybridized carbons (Fsp3) is 0.348. The highest BCUT2D eigenvalue weighted by Gasteiger charge is 2.32. The first kappa shape index (κ1) is 19.2. The van der Waals surface area contributed by atoms with Crippen LogP contribution < -0.4 is 4.74 Å². The number of likely N-dealkylation sites (tertiary alicyclic amines) is 1. The molecule has 1 aromatic carbocycles. The highest BCUT2D eigenvalue weighted by Crippen LogP contribution is 2.27. The molecule has 1 saturated heterocycles. The van der Waals surface area contributed by atoms with Gasteiger partial charge in [0.25, 0.3) is 5.91 Å². The number of pyridine rings is 1. The molecule has 150 valence electrons. The number of benzene rings is 1. The van der Waals surface area contributed by atoms with E-state index < -0.39 is 0 Å². The Hall–Kier alpha value is -3.15. The number of carbonyl (C=O) groups is 2. The number of aromatic nitrogens is 2. The van der Waals surface area contributed by atoms with E-state index in [0.717, 1.165) is 24.1 Å². The molecular weight excluding hydrogens is 366 g/mol. The molecule has 1 aliphatic heterocycles. The van der Waals surface area contributed by atoms with Gasteiger partial charge >= 0.3 is 0 Å². The van der Waals surface area contributed by atoms with Gasteiger partial charge in [0.15, 0.2) is 5.78 Å². The third-order valence-electron chi connectivity index (χ3n) is 5.61. The lowest BCUT2D eigenvalue weighted by Gasteiger charge is -2.32. The largest absolute Gasteiger partial charge is 0.496 e. The molecule has 1 aliphatic rings. The number of hydrogen-bond donors (Lipinski definition) is 0. The van der Waals surface area contributed by atoms with Gasteiger partial charge < -0.3 is 9.64 Å². The number of ether oxygens (including phenoxy) is 1. The van der Waals surface area contributed by atoms with Gasteiger partial charge in [0.1, 0.15) is 17.1 Å². The Morgan fingerprint density at radius 2 is 1.97 bits per heavy atom. The molecule has 3 aromatic rings. The summed E-state index contributed by atoms with van der Waals surface area (Å²) in [5, 5.41) is 0. The van der Waals surface area contributed by atoms with E-state index in [0.29, 0.717) is 35.8 Å². The van der Waals surface area contributed by atoms with Crippen molar-refractivity contribution in [3.05, 3.63) is 65.1 Å². The molecular formula is C23H25N3O3. The smallest absolute Gasteiger partial charge is 0.272 e. The third kappa shape index (κ3) is 3.50. The van der Waals surface area contributed by atoms with Crippen molar-refractivity contribution < 1.29 is 14.3 Å². The molecule has 3 heterocycles. The molecule has 0 radical (unpaired) electrons. The first-order chi connectivity index (χ1) is 14.0. The summed E-state index contributed by atoms with van der Waals surface area (Å²) in [6.07, 6.45) is 3.46. The van der Waals surface area contributed by atoms with Gasteiger partial charge in [-0.3, -0.25) is 14.0 Å². The number of piperidine rings is 1. The lowest BCUT2D eigenvalue weighted by atomic mass is 9.89. The number of para-hydroxylation sites is 1. The van der Waals surface area contributed by atoms with Gasteiger partial charge in [-0.25, -0.2) is 4.98 Å². The number of amides is 1. The number of carbonyl (C=O) groups excluding carboxylic acids is 2. The van der Waals surface area contributed by atoms with Gasteiger partial charge in [-0.1, -0.05) is 12.1 Å². The number of fused-ring (bicyclic) bond motifs is 1. The molecule has 0 N–H and O–H groups in total. The van der Waals surface area contributed by atoms with E-state index in [1.807, 2.05) is 48.7 Å². The van der Waals surface area contributed by atoms with Crippen molar-refractivity contribution in [3.63, 3.8) is 0 Å². The SMILES string of the molecule is COc1ccccc1C(=O)[C@@H]1CCCN(C(=O)c2c(C)nc3cc(C)ccn23)C1. The Balaban J connectivity index is 1.60. The van der Waals surface area contributed by atoms with Crippen LogP contribution in [0.15, 0.2) is 42.6 Å². The van der Waals surface area contributed by atoms with Crippen molar-refractivity contribution in [2.45, 2.75) is 26.7 Å². The van der Waals surface area contributed by atoms with Crippen LogP contribution in [0.25, 0.3) is 5.65 Å². The molecule has 1 atom stereocenters. The van der Waals surface area contributed by atoms with E-state index in [-0.39, 0.29) is 17.6 Å². The number of ketones is 1. The normalized spacial score (nSPS) is 16.8. The molecule has 6 nitrogen and oxygen atoms in total. The monoisotopic (exact) mass is 391 g/mol. The average Bonchev–Trinajstić information content (AvgIpc) is 3.07. The van der Waals surface area contributed by atoms with Crippen LogP contribution in [0.1, 0.15) is 44.9 Å². The summed E-state index contributed by atoms with van der Waals surface area (Å²) in [6, 6.07) is 11.2. The van der Waals surface area contributed by atoms with Gasteiger partial charge in [-0.2, -0.15) is 0 Å². The van der Waals surface area contributed by atoms with E-state index in [1.165, 1.54) is 0 Å².